The van der Waals surface area contributed by atoms with Gasteiger partial charge in [0.05, 0.1) is 57.6 Å². The molecule has 3 fully saturated rings. The van der Waals surface area contributed by atoms with Gasteiger partial charge >= 0.3 is 19.5 Å². The highest BCUT2D eigenvalue weighted by Crippen LogP contribution is 2.65. The number of anilines is 3. The lowest BCUT2D eigenvalue weighted by Gasteiger charge is -2.30. The fourth-order valence-corrected chi connectivity index (χ4v) is 16.5. The maximum Gasteiger partial charge on any atom is 0.389 e. The van der Waals surface area contributed by atoms with Crippen LogP contribution in [0.3, 0.4) is 0 Å². The molecule has 39 heteroatoms. The largest absolute Gasteiger partial charge is 0.508 e. The number of carboxylic acids is 1. The van der Waals surface area contributed by atoms with Crippen molar-refractivity contribution in [2.45, 2.75) is 88.1 Å². The lowest BCUT2D eigenvalue weighted by Crippen LogP contribution is -2.54. The van der Waals surface area contributed by atoms with Gasteiger partial charge in [-0.05, 0) is 108 Å². The number of carboxylic acid groups (broad SMARTS) is 1. The van der Waals surface area contributed by atoms with Crippen LogP contribution in [0.15, 0.2) is 118 Å². The number of carbonyl (C=O) groups excluding carboxylic acids is 3. The number of aromatic amines is 1. The zero-order valence-corrected chi connectivity index (χ0v) is 57.8. The first-order valence-corrected chi connectivity index (χ1v) is 37.3. The summed E-state index contributed by atoms with van der Waals surface area (Å²) < 4.78 is 88.4. The van der Waals surface area contributed by atoms with E-state index in [0.717, 1.165) is 17.7 Å². The number of nitrogen functional groups attached to an aromatic ring is 1. The molecular weight excluding hydrogens is 1420 g/mol. The smallest absolute Gasteiger partial charge is 0.389 e. The van der Waals surface area contributed by atoms with Gasteiger partial charge in [-0.15, -0.1) is 0 Å². The van der Waals surface area contributed by atoms with Crippen LogP contribution in [0.25, 0.3) is 55.7 Å². The number of phenols is 1. The highest BCUT2D eigenvalue weighted by molar-refractivity contribution is 8.54. The van der Waals surface area contributed by atoms with Crippen molar-refractivity contribution in [3.05, 3.63) is 136 Å². The summed E-state index contributed by atoms with van der Waals surface area (Å²) in [7, 11) is 0. The summed E-state index contributed by atoms with van der Waals surface area (Å²) in [5, 5.41) is 35.2. The normalized spacial score (nSPS) is 23.0. The number of alkyl halides is 1. The summed E-state index contributed by atoms with van der Waals surface area (Å²) in [6, 6.07) is 17.7. The second-order valence-corrected chi connectivity index (χ2v) is 30.9. The Kier molecular flexibility index (Phi) is 22.0. The summed E-state index contributed by atoms with van der Waals surface area (Å²) in [6.07, 6.45) is -4.85. The number of nitrogens with two attached hydrogens (primary N) is 1. The van der Waals surface area contributed by atoms with Gasteiger partial charge in [-0.3, -0.25) is 46.7 Å². The van der Waals surface area contributed by atoms with Gasteiger partial charge in [0.15, 0.2) is 45.6 Å². The third-order valence-corrected chi connectivity index (χ3v) is 21.8. The van der Waals surface area contributed by atoms with Crippen molar-refractivity contribution in [1.82, 2.24) is 55.0 Å². The first-order chi connectivity index (χ1) is 48.4. The molecule has 11 N–H and O–H groups in total. The molecule has 532 valence electrons. The van der Waals surface area contributed by atoms with Crippen molar-refractivity contribution in [1.29, 1.82) is 0 Å². The third-order valence-electron chi connectivity index (χ3n) is 16.3. The summed E-state index contributed by atoms with van der Waals surface area (Å²) in [5.74, 6) is -3.30. The Bertz CT molecular complexity index is 4820. The number of aromatic nitrogens is 8. The Hall–Kier alpha value is -8.78. The van der Waals surface area contributed by atoms with E-state index < -0.39 is 124 Å². The number of phenolic OH excluding ortho intramolecular Hbond substituents is 1. The average molecular weight is 1490 g/mol. The quantitative estimate of drug-likeness (QED) is 0.0160. The molecule has 2 unspecified atom stereocenters. The number of hydrogen-bond acceptors (Lipinski definition) is 26. The number of amides is 3. The summed E-state index contributed by atoms with van der Waals surface area (Å²) >= 11 is 11.6. The van der Waals surface area contributed by atoms with Gasteiger partial charge in [0.25, 0.3) is 5.56 Å². The number of imidazole rings is 2. The van der Waals surface area contributed by atoms with E-state index >= 15 is 8.96 Å². The second-order valence-electron chi connectivity index (χ2n) is 23.6. The zero-order valence-electron chi connectivity index (χ0n) is 53.5. The Morgan fingerprint density at radius 1 is 0.822 bits per heavy atom. The van der Waals surface area contributed by atoms with Crippen LogP contribution in [0.5, 0.6) is 5.75 Å². The SMILES string of the molecule is CC(C)[C@H](NC(=O)COCCOCCNC(=S)Nc1ccc(-c2c3ccc(=O)cc-3oc3cc(O)ccc23)c(C(=O)O)c1)C(=O)N[C@@H](C)C(=O)Nc1ccc(CSP2(=O)OC[C@H]3O[C@@H](n4cnc5c(N)ncnc54)[C@H](F)[C@@H]3OP(O)(=S)OC[C@H]3O[C@@H](n4cnc5c(=O)[nH]cnc54)C[C@@H]3O2)cc1. The van der Waals surface area contributed by atoms with Crippen molar-refractivity contribution < 1.29 is 84.7 Å². The molecule has 0 bridgehead atoms. The van der Waals surface area contributed by atoms with Crippen LogP contribution in [0.2, 0.25) is 0 Å². The molecular formula is C62H65FN14O19P2S3. The molecule has 3 saturated heterocycles. The van der Waals surface area contributed by atoms with Crippen molar-refractivity contribution in [3.63, 3.8) is 0 Å². The van der Waals surface area contributed by atoms with Gasteiger partial charge in [0, 0.05) is 58.7 Å². The average Bonchev–Trinajstić information content (AvgIpc) is 1.37. The van der Waals surface area contributed by atoms with Gasteiger partial charge in [-0.1, -0.05) is 32.0 Å². The second kappa shape index (κ2) is 30.8. The minimum absolute atomic E-state index is 0.0171. The van der Waals surface area contributed by atoms with Gasteiger partial charge in [0.2, 0.25) is 17.7 Å². The third kappa shape index (κ3) is 16.6. The summed E-state index contributed by atoms with van der Waals surface area (Å²) in [5.41, 5.74) is 8.46. The van der Waals surface area contributed by atoms with Crippen LogP contribution in [0.1, 0.15) is 55.6 Å². The molecule has 0 saturated carbocycles. The number of H-pyrrole nitrogens is 1. The molecule has 5 aliphatic rings. The lowest BCUT2D eigenvalue weighted by atomic mass is 9.90. The monoisotopic (exact) mass is 1490 g/mol. The minimum atomic E-state index is -4.40. The summed E-state index contributed by atoms with van der Waals surface area (Å²) in [6.45, 7) is -4.81. The Labute approximate surface area is 585 Å². The molecule has 3 amide bonds. The van der Waals surface area contributed by atoms with Crippen molar-refractivity contribution in [2.75, 3.05) is 62.6 Å². The van der Waals surface area contributed by atoms with E-state index in [1.165, 1.54) is 65.4 Å². The molecule has 1 aliphatic carbocycles. The fourth-order valence-electron chi connectivity index (χ4n) is 11.4. The molecule has 4 aliphatic heterocycles. The maximum absolute atomic E-state index is 16.8. The number of hydrogen-bond donors (Lipinski definition) is 10. The topological polar surface area (TPSA) is 443 Å². The van der Waals surface area contributed by atoms with E-state index in [-0.39, 0.29) is 99.9 Å². The molecule has 11 atom stereocenters. The number of nitrogens with one attached hydrogen (secondary N) is 6. The number of carbonyl (C=O) groups is 4. The van der Waals surface area contributed by atoms with Crippen molar-refractivity contribution in [3.8, 4) is 28.2 Å². The number of aromatic carboxylic acids is 1. The van der Waals surface area contributed by atoms with Crippen molar-refractivity contribution in [2.24, 2.45) is 5.92 Å². The van der Waals surface area contributed by atoms with Gasteiger partial charge in [0.1, 0.15) is 78.3 Å². The van der Waals surface area contributed by atoms with Gasteiger partial charge in [-0.25, -0.2) is 38.7 Å². The molecule has 8 heterocycles. The minimum Gasteiger partial charge on any atom is -0.508 e. The number of ether oxygens (including phenoxy) is 4. The lowest BCUT2D eigenvalue weighted by molar-refractivity contribution is -0.133. The van der Waals surface area contributed by atoms with Crippen LogP contribution >= 0.6 is 37.1 Å². The fraction of sp³-hybridized carbons (Fsp3) is 0.355. The van der Waals surface area contributed by atoms with Gasteiger partial charge < -0.3 is 80.3 Å². The van der Waals surface area contributed by atoms with Crippen LogP contribution in [-0.2, 0) is 73.6 Å². The number of benzene rings is 4. The van der Waals surface area contributed by atoms with Crippen LogP contribution in [0, 0.1) is 5.92 Å². The van der Waals surface area contributed by atoms with E-state index in [1.807, 2.05) is 0 Å². The van der Waals surface area contributed by atoms with Gasteiger partial charge in [-0.2, -0.15) is 0 Å². The highest BCUT2D eigenvalue weighted by Gasteiger charge is 2.52. The molecule has 7 aromatic rings. The standard InChI is InChI=1S/C62H65FN14O19P2S3/c1-30(2)50(75-46(80)24-89-17-16-88-15-14-65-62(99)74-34-8-11-37(40(18-34)61(84)85)48-38-12-9-35(78)19-41(38)92-42-20-36(79)10-13-39(42)48)59(83)72-31(3)57(81)73-33-6-4-32(5-7-33)25-101-98(87)91-23-45-53(49(63)60(94-45)77-29-70-51-54(64)66-26-67-55(51)77)96-97(86,100)90-22-44-43(95-98)21-47(93-44)76-28-71-52-56(76)68-27-69-58(52)82/h4-13,18-20,26-31,43-45,47,49-50,53,60,78H,14-17,21-25H2,1-3H3,(H,72,83)(H,73,81)(H,75,80)(H,84,85)(H,86,100)(H2,64,66,67)(H2,65,74,99)(H,68,69,82)/t31-,43-,44+,45+,47+,49+,50-,53+,60+,97?,98?/m0/s1. The van der Waals surface area contributed by atoms with Crippen LogP contribution in [-0.4, -0.2) is 172 Å². The van der Waals surface area contributed by atoms with Crippen molar-refractivity contribution >= 4 is 128 Å². The molecule has 0 radical (unpaired) electrons. The molecule has 33 nitrogen and oxygen atoms in total. The van der Waals surface area contributed by atoms with E-state index in [2.05, 4.69) is 56.5 Å². The predicted octanol–water partition coefficient (Wildman–Crippen LogP) is 6.03. The van der Waals surface area contributed by atoms with E-state index in [0.29, 0.717) is 39.0 Å². The maximum atomic E-state index is 16.8. The molecule has 0 spiro atoms. The number of nitrogens with zero attached hydrogens (tertiary/aromatic N) is 7. The molecule has 3 aromatic carbocycles. The summed E-state index contributed by atoms with van der Waals surface area (Å²) in [4.78, 5) is 112. The van der Waals surface area contributed by atoms with E-state index in [1.54, 1.807) is 62.4 Å². The molecule has 4 aromatic heterocycles. The highest BCUT2D eigenvalue weighted by atomic mass is 32.7. The number of thiocarbonyl (C=S) groups is 1. The molecule has 12 rings (SSSR count). The number of halogens is 1. The predicted molar refractivity (Wildman–Crippen MR) is 371 cm³/mol. The zero-order chi connectivity index (χ0) is 71.4. The van der Waals surface area contributed by atoms with Crippen LogP contribution in [0.4, 0.5) is 21.6 Å². The number of aromatic hydroxyl groups is 1. The number of rotatable bonds is 22. The Morgan fingerprint density at radius 3 is 2.36 bits per heavy atom. The van der Waals surface area contributed by atoms with E-state index in [4.69, 9.17) is 71.2 Å². The van der Waals surface area contributed by atoms with E-state index in [9.17, 15) is 43.9 Å². The number of fused-ring (bicyclic) bond motifs is 6. The first-order valence-electron chi connectivity index (χ1n) is 31.2. The molecule has 101 heavy (non-hydrogen) atoms. The van der Waals surface area contributed by atoms with Crippen LogP contribution < -0.4 is 43.3 Å². The Balaban J connectivity index is 0.602. The Morgan fingerprint density at radius 2 is 1.56 bits per heavy atom. The first kappa shape index (κ1) is 72.0.